The van der Waals surface area contributed by atoms with E-state index in [1.165, 1.54) is 6.08 Å². The topological polar surface area (TPSA) is 94.2 Å². The van der Waals surface area contributed by atoms with Crippen LogP contribution in [0.25, 0.3) is 6.08 Å². The normalized spacial score (nSPS) is 14.4. The van der Waals surface area contributed by atoms with Crippen molar-refractivity contribution in [2.24, 2.45) is 0 Å². The summed E-state index contributed by atoms with van der Waals surface area (Å²) >= 11 is 6.22. The van der Waals surface area contributed by atoms with Crippen molar-refractivity contribution in [1.82, 2.24) is 5.32 Å². The van der Waals surface area contributed by atoms with Crippen LogP contribution in [0, 0.1) is 0 Å². The summed E-state index contributed by atoms with van der Waals surface area (Å²) in [6.07, 6.45) is 2.26. The van der Waals surface area contributed by atoms with Crippen LogP contribution in [0.1, 0.15) is 31.4 Å². The average Bonchev–Trinajstić information content (AvgIpc) is 2.91. The minimum Gasteiger partial charge on any atom is -0.494 e. The highest BCUT2D eigenvalue weighted by atomic mass is 35.5. The van der Waals surface area contributed by atoms with Gasteiger partial charge in [-0.3, -0.25) is 14.9 Å². The number of amides is 4. The van der Waals surface area contributed by atoms with E-state index in [2.05, 4.69) is 5.32 Å². The van der Waals surface area contributed by atoms with E-state index in [4.69, 9.17) is 25.8 Å². The van der Waals surface area contributed by atoms with Gasteiger partial charge in [0.2, 0.25) is 0 Å². The molecule has 3 aromatic carbocycles. The van der Waals surface area contributed by atoms with Gasteiger partial charge in [0.05, 0.1) is 18.9 Å². The molecule has 1 fully saturated rings. The van der Waals surface area contributed by atoms with Gasteiger partial charge in [-0.25, -0.2) is 9.69 Å². The number of rotatable bonds is 10. The van der Waals surface area contributed by atoms with E-state index in [1.54, 1.807) is 48.5 Å². The molecule has 3 aromatic rings. The number of imide groups is 2. The van der Waals surface area contributed by atoms with Crippen LogP contribution < -0.4 is 24.4 Å². The van der Waals surface area contributed by atoms with E-state index in [9.17, 15) is 14.4 Å². The number of halogens is 1. The molecule has 1 saturated heterocycles. The molecule has 4 amide bonds. The van der Waals surface area contributed by atoms with E-state index in [1.807, 2.05) is 32.0 Å². The number of carbonyl (C=O) groups is 3. The molecule has 196 valence electrons. The fourth-order valence-corrected chi connectivity index (χ4v) is 3.93. The number of hydrogen-bond donors (Lipinski definition) is 1. The van der Waals surface area contributed by atoms with E-state index >= 15 is 0 Å². The minimum absolute atomic E-state index is 0.192. The van der Waals surface area contributed by atoms with Crippen LogP contribution in [0.5, 0.6) is 17.2 Å². The van der Waals surface area contributed by atoms with Crippen molar-refractivity contribution in [3.63, 3.8) is 0 Å². The van der Waals surface area contributed by atoms with Gasteiger partial charge < -0.3 is 14.2 Å². The van der Waals surface area contributed by atoms with Crippen LogP contribution in [0.2, 0.25) is 5.02 Å². The molecule has 0 saturated carbocycles. The second-order valence-corrected chi connectivity index (χ2v) is 8.73. The molecule has 4 rings (SSSR count). The Kier molecular flexibility index (Phi) is 8.66. The molecule has 0 radical (unpaired) electrons. The zero-order valence-electron chi connectivity index (χ0n) is 21.0. The van der Waals surface area contributed by atoms with Crippen molar-refractivity contribution in [1.29, 1.82) is 0 Å². The van der Waals surface area contributed by atoms with Crippen LogP contribution in [0.15, 0.2) is 72.3 Å². The molecule has 1 N–H and O–H groups in total. The summed E-state index contributed by atoms with van der Waals surface area (Å²) in [5.41, 5.74) is 1.47. The van der Waals surface area contributed by atoms with Crippen LogP contribution in [-0.2, 0) is 16.2 Å². The third-order valence-corrected chi connectivity index (χ3v) is 5.96. The maximum Gasteiger partial charge on any atom is 0.335 e. The highest BCUT2D eigenvalue weighted by molar-refractivity contribution is 6.39. The number of carbonyl (C=O) groups excluding carboxylic acids is 3. The van der Waals surface area contributed by atoms with E-state index in [0.717, 1.165) is 16.9 Å². The standard InChI is InChI=1S/C29H27ClN2O6/c1-3-15-37-22-12-10-21(11-13-22)32-28(34)23(27(33)31-29(32)35)16-19-9-14-25(26(17-19)36-4-2)38-18-20-7-5-6-8-24(20)30/h5-14,16-17H,3-4,15,18H2,1-2H3,(H,31,33,35)/b23-16-. The van der Waals surface area contributed by atoms with Crippen LogP contribution in [-0.4, -0.2) is 31.1 Å². The summed E-state index contributed by atoms with van der Waals surface area (Å²) in [5, 5.41) is 2.83. The second kappa shape index (κ2) is 12.3. The van der Waals surface area contributed by atoms with Gasteiger partial charge in [0.25, 0.3) is 11.8 Å². The number of urea groups is 1. The number of benzene rings is 3. The first-order valence-electron chi connectivity index (χ1n) is 12.2. The van der Waals surface area contributed by atoms with Crippen molar-refractivity contribution >= 4 is 41.2 Å². The average molecular weight is 535 g/mol. The zero-order chi connectivity index (χ0) is 27.1. The Balaban J connectivity index is 1.58. The lowest BCUT2D eigenvalue weighted by Gasteiger charge is -2.26. The molecule has 0 aliphatic carbocycles. The number of nitrogens with zero attached hydrogens (tertiary/aromatic N) is 1. The lowest BCUT2D eigenvalue weighted by atomic mass is 10.1. The molecule has 0 unspecified atom stereocenters. The fraction of sp³-hybridized carbons (Fsp3) is 0.207. The molecule has 0 atom stereocenters. The fourth-order valence-electron chi connectivity index (χ4n) is 3.74. The van der Waals surface area contributed by atoms with E-state index in [-0.39, 0.29) is 12.2 Å². The van der Waals surface area contributed by atoms with Crippen LogP contribution in [0.3, 0.4) is 0 Å². The maximum atomic E-state index is 13.3. The molecular formula is C29H27ClN2O6. The first-order chi connectivity index (χ1) is 18.4. The zero-order valence-corrected chi connectivity index (χ0v) is 21.8. The molecular weight excluding hydrogens is 508 g/mol. The smallest absolute Gasteiger partial charge is 0.335 e. The number of ether oxygens (including phenoxy) is 3. The summed E-state index contributed by atoms with van der Waals surface area (Å²) < 4.78 is 17.2. The van der Waals surface area contributed by atoms with E-state index in [0.29, 0.717) is 46.7 Å². The largest absolute Gasteiger partial charge is 0.494 e. The summed E-state index contributed by atoms with van der Waals surface area (Å²) in [5.74, 6) is 0.0189. The lowest BCUT2D eigenvalue weighted by molar-refractivity contribution is -0.122. The predicted octanol–water partition coefficient (Wildman–Crippen LogP) is 5.77. The van der Waals surface area contributed by atoms with Crippen molar-refractivity contribution < 1.29 is 28.6 Å². The summed E-state index contributed by atoms with van der Waals surface area (Å²) in [6, 6.07) is 18.1. The Bertz CT molecular complexity index is 1370. The number of anilines is 1. The Morgan fingerprint density at radius 1 is 0.895 bits per heavy atom. The molecule has 0 bridgehead atoms. The van der Waals surface area contributed by atoms with Gasteiger partial charge in [-0.1, -0.05) is 42.8 Å². The Morgan fingerprint density at radius 3 is 2.37 bits per heavy atom. The highest BCUT2D eigenvalue weighted by Crippen LogP contribution is 2.32. The quantitative estimate of drug-likeness (QED) is 0.262. The molecule has 8 nitrogen and oxygen atoms in total. The van der Waals surface area contributed by atoms with E-state index < -0.39 is 17.8 Å². The Hall–Kier alpha value is -4.30. The highest BCUT2D eigenvalue weighted by Gasteiger charge is 2.36. The molecule has 38 heavy (non-hydrogen) atoms. The first-order valence-corrected chi connectivity index (χ1v) is 12.6. The van der Waals surface area contributed by atoms with Gasteiger partial charge >= 0.3 is 6.03 Å². The van der Waals surface area contributed by atoms with Crippen molar-refractivity contribution in [3.05, 3.63) is 88.5 Å². The van der Waals surface area contributed by atoms with Gasteiger partial charge in [0, 0.05) is 10.6 Å². The molecule has 9 heteroatoms. The maximum absolute atomic E-state index is 13.3. The third kappa shape index (κ3) is 6.15. The van der Waals surface area contributed by atoms with Gasteiger partial charge in [-0.05, 0) is 67.4 Å². The third-order valence-electron chi connectivity index (χ3n) is 5.59. The number of barbiturate groups is 1. The molecule has 0 spiro atoms. The molecule has 0 aromatic heterocycles. The molecule has 1 heterocycles. The summed E-state index contributed by atoms with van der Waals surface area (Å²) in [6.45, 7) is 5.00. The Labute approximate surface area is 225 Å². The second-order valence-electron chi connectivity index (χ2n) is 8.32. The number of hydrogen-bond acceptors (Lipinski definition) is 6. The van der Waals surface area contributed by atoms with Crippen LogP contribution >= 0.6 is 11.6 Å². The summed E-state index contributed by atoms with van der Waals surface area (Å²) in [4.78, 5) is 39.3. The van der Waals surface area contributed by atoms with Crippen molar-refractivity contribution in [2.45, 2.75) is 26.9 Å². The van der Waals surface area contributed by atoms with Gasteiger partial charge in [0.1, 0.15) is 17.9 Å². The monoisotopic (exact) mass is 534 g/mol. The SMILES string of the molecule is CCCOc1ccc(N2C(=O)NC(=O)/C(=C/c3ccc(OCc4ccccc4Cl)c(OCC)c3)C2=O)cc1. The van der Waals surface area contributed by atoms with Crippen molar-refractivity contribution in [3.8, 4) is 17.2 Å². The Morgan fingerprint density at radius 2 is 1.66 bits per heavy atom. The number of nitrogens with one attached hydrogen (secondary N) is 1. The first kappa shape index (κ1) is 26.8. The van der Waals surface area contributed by atoms with Gasteiger partial charge in [-0.15, -0.1) is 0 Å². The molecule has 1 aliphatic rings. The molecule has 1 aliphatic heterocycles. The van der Waals surface area contributed by atoms with Gasteiger partial charge in [-0.2, -0.15) is 0 Å². The lowest BCUT2D eigenvalue weighted by Crippen LogP contribution is -2.54. The summed E-state index contributed by atoms with van der Waals surface area (Å²) in [7, 11) is 0. The van der Waals surface area contributed by atoms with Crippen molar-refractivity contribution in [2.75, 3.05) is 18.1 Å². The predicted molar refractivity (Wildman–Crippen MR) is 145 cm³/mol. The van der Waals surface area contributed by atoms with Crippen LogP contribution in [0.4, 0.5) is 10.5 Å². The minimum atomic E-state index is -0.822. The van der Waals surface area contributed by atoms with Gasteiger partial charge in [0.15, 0.2) is 11.5 Å².